The van der Waals surface area contributed by atoms with E-state index < -0.39 is 0 Å². The van der Waals surface area contributed by atoms with E-state index in [9.17, 15) is 0 Å². The Hall–Kier alpha value is -2.89. The van der Waals surface area contributed by atoms with E-state index in [0.29, 0.717) is 0 Å². The average Bonchev–Trinajstić information content (AvgIpc) is 3.17. The molecule has 0 saturated heterocycles. The molecular formula is C15H14N6. The molecule has 3 aromatic heterocycles. The second kappa shape index (κ2) is 4.31. The first-order valence-electron chi connectivity index (χ1n) is 6.70. The standard InChI is InChI=1S/C15H14N6/c1-10-3-5-12(6-4-10)21-9-11(7-17-21)14-18-13-8-16-20(2)15(13)19-14/h3-9H,1-2H3,(H,18,19). The SMILES string of the molecule is Cc1ccc(-n2cc(-c3nc4c(cnn4C)[nH]3)cn2)cc1. The summed E-state index contributed by atoms with van der Waals surface area (Å²) in [5, 5.41) is 8.56. The first kappa shape index (κ1) is 11.9. The van der Waals surface area contributed by atoms with Gasteiger partial charge in [0, 0.05) is 13.2 Å². The molecule has 0 bridgehead atoms. The molecule has 3 heterocycles. The number of hydrogen-bond acceptors (Lipinski definition) is 3. The van der Waals surface area contributed by atoms with Gasteiger partial charge in [-0.15, -0.1) is 0 Å². The first-order valence-corrected chi connectivity index (χ1v) is 6.70. The molecule has 1 N–H and O–H groups in total. The predicted octanol–water partition coefficient (Wildman–Crippen LogP) is 2.46. The lowest BCUT2D eigenvalue weighted by molar-refractivity contribution is 0.787. The average molecular weight is 278 g/mol. The highest BCUT2D eigenvalue weighted by molar-refractivity contribution is 5.75. The van der Waals surface area contributed by atoms with Crippen molar-refractivity contribution in [3.05, 3.63) is 48.4 Å². The van der Waals surface area contributed by atoms with Crippen molar-refractivity contribution >= 4 is 11.2 Å². The molecular weight excluding hydrogens is 264 g/mol. The fraction of sp³-hybridized carbons (Fsp3) is 0.133. The lowest BCUT2D eigenvalue weighted by Gasteiger charge is -2.00. The summed E-state index contributed by atoms with van der Waals surface area (Å²) in [7, 11) is 1.88. The van der Waals surface area contributed by atoms with Crippen LogP contribution in [0.15, 0.2) is 42.9 Å². The van der Waals surface area contributed by atoms with E-state index in [1.54, 1.807) is 10.9 Å². The number of nitrogens with one attached hydrogen (secondary N) is 1. The Balaban J connectivity index is 1.74. The molecule has 6 heteroatoms. The third kappa shape index (κ3) is 1.92. The van der Waals surface area contributed by atoms with Gasteiger partial charge in [0.05, 0.1) is 23.6 Å². The second-order valence-corrected chi connectivity index (χ2v) is 5.10. The van der Waals surface area contributed by atoms with E-state index in [4.69, 9.17) is 0 Å². The minimum atomic E-state index is 0.802. The third-order valence-corrected chi connectivity index (χ3v) is 3.53. The van der Waals surface area contributed by atoms with Gasteiger partial charge in [0.2, 0.25) is 0 Å². The summed E-state index contributed by atoms with van der Waals surface area (Å²) >= 11 is 0. The van der Waals surface area contributed by atoms with E-state index in [0.717, 1.165) is 28.2 Å². The minimum Gasteiger partial charge on any atom is -0.335 e. The topological polar surface area (TPSA) is 64.3 Å². The maximum absolute atomic E-state index is 4.56. The zero-order chi connectivity index (χ0) is 14.4. The summed E-state index contributed by atoms with van der Waals surface area (Å²) in [5.41, 5.74) is 4.98. The largest absolute Gasteiger partial charge is 0.335 e. The predicted molar refractivity (Wildman–Crippen MR) is 80.2 cm³/mol. The van der Waals surface area contributed by atoms with Crippen molar-refractivity contribution in [2.45, 2.75) is 6.92 Å². The molecule has 0 fully saturated rings. The molecule has 0 unspecified atom stereocenters. The Labute approximate surface area is 121 Å². The Morgan fingerprint density at radius 3 is 2.62 bits per heavy atom. The van der Waals surface area contributed by atoms with Crippen molar-refractivity contribution < 1.29 is 0 Å². The van der Waals surface area contributed by atoms with E-state index >= 15 is 0 Å². The molecule has 21 heavy (non-hydrogen) atoms. The van der Waals surface area contributed by atoms with Gasteiger partial charge < -0.3 is 4.98 Å². The summed E-state index contributed by atoms with van der Waals surface area (Å²) in [4.78, 5) is 7.81. The Bertz CT molecular complexity index is 909. The molecule has 0 aliphatic rings. The third-order valence-electron chi connectivity index (χ3n) is 3.53. The van der Waals surface area contributed by atoms with Crippen LogP contribution in [0.25, 0.3) is 28.2 Å². The number of imidazole rings is 1. The zero-order valence-electron chi connectivity index (χ0n) is 11.8. The molecule has 0 atom stereocenters. The summed E-state index contributed by atoms with van der Waals surface area (Å²) in [6, 6.07) is 8.25. The molecule has 0 aliphatic heterocycles. The quantitative estimate of drug-likeness (QED) is 0.612. The highest BCUT2D eigenvalue weighted by Crippen LogP contribution is 2.20. The smallest absolute Gasteiger partial charge is 0.176 e. The van der Waals surface area contributed by atoms with Crippen molar-refractivity contribution in [3.8, 4) is 17.1 Å². The van der Waals surface area contributed by atoms with Crippen LogP contribution in [0, 0.1) is 6.92 Å². The molecule has 0 spiro atoms. The lowest BCUT2D eigenvalue weighted by Crippen LogP contribution is -1.93. The minimum absolute atomic E-state index is 0.802. The molecule has 1 aromatic carbocycles. The van der Waals surface area contributed by atoms with Crippen LogP contribution in [0.5, 0.6) is 0 Å². The molecule has 0 radical (unpaired) electrons. The van der Waals surface area contributed by atoms with Gasteiger partial charge in [-0.25, -0.2) is 14.3 Å². The summed E-state index contributed by atoms with van der Waals surface area (Å²) in [6.45, 7) is 2.07. The fourth-order valence-corrected chi connectivity index (χ4v) is 2.33. The number of benzene rings is 1. The summed E-state index contributed by atoms with van der Waals surface area (Å²) in [6.07, 6.45) is 5.55. The van der Waals surface area contributed by atoms with Gasteiger partial charge in [0.1, 0.15) is 11.3 Å². The summed E-state index contributed by atoms with van der Waals surface area (Å²) in [5.74, 6) is 0.802. The van der Waals surface area contributed by atoms with Crippen molar-refractivity contribution in [2.24, 2.45) is 7.05 Å². The van der Waals surface area contributed by atoms with Gasteiger partial charge >= 0.3 is 0 Å². The van der Waals surface area contributed by atoms with Crippen molar-refractivity contribution in [2.75, 3.05) is 0 Å². The molecule has 0 amide bonds. The van der Waals surface area contributed by atoms with E-state index in [2.05, 4.69) is 51.4 Å². The van der Waals surface area contributed by atoms with Crippen LogP contribution in [0.1, 0.15) is 5.56 Å². The van der Waals surface area contributed by atoms with Crippen LogP contribution >= 0.6 is 0 Å². The molecule has 0 saturated carbocycles. The molecule has 6 nitrogen and oxygen atoms in total. The number of H-pyrrole nitrogens is 1. The normalized spacial score (nSPS) is 11.3. The van der Waals surface area contributed by atoms with Gasteiger partial charge in [0.25, 0.3) is 0 Å². The fourth-order valence-electron chi connectivity index (χ4n) is 2.33. The molecule has 0 aliphatic carbocycles. The maximum Gasteiger partial charge on any atom is 0.176 e. The Morgan fingerprint density at radius 2 is 1.86 bits per heavy atom. The van der Waals surface area contributed by atoms with Crippen LogP contribution < -0.4 is 0 Å². The van der Waals surface area contributed by atoms with Gasteiger partial charge in [-0.3, -0.25) is 0 Å². The highest BCUT2D eigenvalue weighted by atomic mass is 15.3. The molecule has 104 valence electrons. The van der Waals surface area contributed by atoms with Gasteiger partial charge in [-0.1, -0.05) is 17.7 Å². The van der Waals surface area contributed by atoms with Crippen molar-refractivity contribution in [1.29, 1.82) is 0 Å². The van der Waals surface area contributed by atoms with Gasteiger partial charge in [0.15, 0.2) is 5.65 Å². The number of fused-ring (bicyclic) bond motifs is 1. The van der Waals surface area contributed by atoms with E-state index in [-0.39, 0.29) is 0 Å². The number of rotatable bonds is 2. The number of aromatic nitrogens is 6. The van der Waals surface area contributed by atoms with Crippen LogP contribution in [0.4, 0.5) is 0 Å². The van der Waals surface area contributed by atoms with Gasteiger partial charge in [-0.05, 0) is 19.1 Å². The highest BCUT2D eigenvalue weighted by Gasteiger charge is 2.10. The van der Waals surface area contributed by atoms with Crippen molar-refractivity contribution in [3.63, 3.8) is 0 Å². The van der Waals surface area contributed by atoms with Crippen LogP contribution in [-0.2, 0) is 7.05 Å². The van der Waals surface area contributed by atoms with Crippen LogP contribution in [-0.4, -0.2) is 29.5 Å². The number of nitrogens with zero attached hydrogens (tertiary/aromatic N) is 5. The van der Waals surface area contributed by atoms with Crippen LogP contribution in [0.2, 0.25) is 0 Å². The lowest BCUT2D eigenvalue weighted by atomic mass is 10.2. The number of hydrogen-bond donors (Lipinski definition) is 1. The second-order valence-electron chi connectivity index (χ2n) is 5.10. The number of aromatic amines is 1. The van der Waals surface area contributed by atoms with Crippen molar-refractivity contribution in [1.82, 2.24) is 29.5 Å². The zero-order valence-corrected chi connectivity index (χ0v) is 11.8. The monoisotopic (exact) mass is 278 g/mol. The van der Waals surface area contributed by atoms with E-state index in [1.807, 2.05) is 24.1 Å². The maximum atomic E-state index is 4.56. The van der Waals surface area contributed by atoms with E-state index in [1.165, 1.54) is 5.56 Å². The first-order chi connectivity index (χ1) is 10.2. The Morgan fingerprint density at radius 1 is 1.05 bits per heavy atom. The summed E-state index contributed by atoms with van der Waals surface area (Å²) < 4.78 is 3.60. The number of aryl methyl sites for hydroxylation is 2. The molecule has 4 aromatic rings. The van der Waals surface area contributed by atoms with Gasteiger partial charge in [-0.2, -0.15) is 10.2 Å². The molecule has 4 rings (SSSR count). The van der Waals surface area contributed by atoms with Crippen LogP contribution in [0.3, 0.4) is 0 Å². The Kier molecular flexibility index (Phi) is 2.44.